The maximum atomic E-state index is 14.0. The first-order chi connectivity index (χ1) is 13.7. The minimum Gasteiger partial charge on any atom is -0.449 e. The first-order valence-electron chi connectivity index (χ1n) is 11.1. The summed E-state index contributed by atoms with van der Waals surface area (Å²) in [6, 6.07) is 0. The Bertz CT molecular complexity index is 784. The van der Waals surface area contributed by atoms with E-state index in [2.05, 4.69) is 0 Å². The van der Waals surface area contributed by atoms with Crippen molar-refractivity contribution in [2.45, 2.75) is 83.2 Å². The molecular formula is C23H32O6. The number of hydrogen-bond donors (Lipinski definition) is 2. The molecule has 0 aromatic heterocycles. The molecule has 5 aliphatic rings. The van der Waals surface area contributed by atoms with Crippen LogP contribution in [-0.4, -0.2) is 52.5 Å². The normalized spacial score (nSPS) is 49.3. The first-order valence-corrected chi connectivity index (χ1v) is 11.1. The van der Waals surface area contributed by atoms with Crippen LogP contribution in [0.1, 0.15) is 59.3 Å². The van der Waals surface area contributed by atoms with Crippen molar-refractivity contribution in [3.8, 4) is 0 Å². The number of rotatable bonds is 2. The second-order valence-corrected chi connectivity index (χ2v) is 10.4. The predicted molar refractivity (Wildman–Crippen MR) is 104 cm³/mol. The van der Waals surface area contributed by atoms with Crippen LogP contribution in [0.3, 0.4) is 0 Å². The monoisotopic (exact) mass is 404 g/mol. The van der Waals surface area contributed by atoms with E-state index in [9.17, 15) is 19.8 Å². The molecule has 0 spiro atoms. The van der Waals surface area contributed by atoms with Crippen molar-refractivity contribution in [3.05, 3.63) is 11.1 Å². The van der Waals surface area contributed by atoms with E-state index >= 15 is 0 Å². The Morgan fingerprint density at radius 2 is 2.03 bits per heavy atom. The van der Waals surface area contributed by atoms with Crippen LogP contribution in [0.5, 0.6) is 0 Å². The third kappa shape index (κ3) is 2.71. The number of aliphatic hydroxyl groups is 2. The summed E-state index contributed by atoms with van der Waals surface area (Å²) < 4.78 is 11.5. The van der Waals surface area contributed by atoms with Gasteiger partial charge in [-0.15, -0.1) is 0 Å². The van der Waals surface area contributed by atoms with Gasteiger partial charge in [0.2, 0.25) is 0 Å². The molecule has 0 aromatic rings. The van der Waals surface area contributed by atoms with Gasteiger partial charge < -0.3 is 19.7 Å². The molecule has 4 aliphatic carbocycles. The fourth-order valence-electron chi connectivity index (χ4n) is 6.44. The smallest absolute Gasteiger partial charge is 0.309 e. The van der Waals surface area contributed by atoms with Crippen molar-refractivity contribution in [1.82, 2.24) is 0 Å². The third-order valence-corrected chi connectivity index (χ3v) is 8.88. The molecule has 2 N–H and O–H groups in total. The molecule has 29 heavy (non-hydrogen) atoms. The maximum Gasteiger partial charge on any atom is 0.309 e. The molecular weight excluding hydrogens is 372 g/mol. The average Bonchev–Trinajstić information content (AvgIpc) is 3.49. The Hall–Kier alpha value is -1.24. The fraction of sp³-hybridized carbons (Fsp3) is 0.826. The standard InChI is InChI=1S/C23H32O6/c1-11-6-7-23(27)9-15-14-10-28-16(14)8-17(24)22(15,3)20(25)19(18(11)12(23)2)29-21(26)13-4-5-13/h12-17,19,24,27H,4-10H2,1-3H3/t12?,14-,15?,16?,17-,19?,22?,23?/m0/s1. The number of carbonyl (C=O) groups excluding carboxylic acids is 2. The topological polar surface area (TPSA) is 93.1 Å². The van der Waals surface area contributed by atoms with E-state index in [1.165, 1.54) is 0 Å². The lowest BCUT2D eigenvalue weighted by molar-refractivity contribution is -0.238. The summed E-state index contributed by atoms with van der Waals surface area (Å²) in [5.41, 5.74) is -0.239. The Labute approximate surface area is 171 Å². The molecule has 8 atom stereocenters. The average molecular weight is 405 g/mol. The van der Waals surface area contributed by atoms with Crippen LogP contribution >= 0.6 is 0 Å². The van der Waals surface area contributed by atoms with E-state index < -0.39 is 23.2 Å². The highest BCUT2D eigenvalue weighted by Crippen LogP contribution is 2.58. The van der Waals surface area contributed by atoms with Gasteiger partial charge in [0.25, 0.3) is 0 Å². The molecule has 160 valence electrons. The second-order valence-electron chi connectivity index (χ2n) is 10.4. The molecule has 1 aliphatic heterocycles. The Kier molecular flexibility index (Phi) is 4.34. The molecule has 6 unspecified atom stereocenters. The Morgan fingerprint density at radius 3 is 2.66 bits per heavy atom. The summed E-state index contributed by atoms with van der Waals surface area (Å²) in [4.78, 5) is 26.6. The van der Waals surface area contributed by atoms with Crippen LogP contribution in [-0.2, 0) is 19.1 Å². The molecule has 6 nitrogen and oxygen atoms in total. The van der Waals surface area contributed by atoms with E-state index in [0.29, 0.717) is 32.3 Å². The van der Waals surface area contributed by atoms with Gasteiger partial charge in [-0.3, -0.25) is 9.59 Å². The van der Waals surface area contributed by atoms with E-state index in [1.807, 2.05) is 20.8 Å². The van der Waals surface area contributed by atoms with Crippen LogP contribution in [0.15, 0.2) is 11.1 Å². The van der Waals surface area contributed by atoms with Crippen LogP contribution in [0, 0.1) is 29.1 Å². The maximum absolute atomic E-state index is 14.0. The first kappa shape index (κ1) is 19.7. The van der Waals surface area contributed by atoms with Crippen LogP contribution in [0.4, 0.5) is 0 Å². The van der Waals surface area contributed by atoms with Crippen molar-refractivity contribution in [2.75, 3.05) is 6.61 Å². The van der Waals surface area contributed by atoms with Crippen LogP contribution < -0.4 is 0 Å². The van der Waals surface area contributed by atoms with Crippen molar-refractivity contribution < 1.29 is 29.3 Å². The van der Waals surface area contributed by atoms with Crippen LogP contribution in [0.25, 0.3) is 0 Å². The van der Waals surface area contributed by atoms with E-state index in [-0.39, 0.29) is 41.5 Å². The molecule has 2 bridgehead atoms. The van der Waals surface area contributed by atoms with Gasteiger partial charge in [-0.25, -0.2) is 0 Å². The number of carbonyl (C=O) groups is 2. The highest BCUT2D eigenvalue weighted by Gasteiger charge is 2.64. The van der Waals surface area contributed by atoms with Gasteiger partial charge in [-0.05, 0) is 57.4 Å². The van der Waals surface area contributed by atoms with Gasteiger partial charge in [-0.1, -0.05) is 12.5 Å². The Morgan fingerprint density at radius 1 is 1.31 bits per heavy atom. The van der Waals surface area contributed by atoms with Gasteiger partial charge in [0.15, 0.2) is 11.9 Å². The summed E-state index contributed by atoms with van der Waals surface area (Å²) in [5, 5.41) is 22.8. The molecule has 0 radical (unpaired) electrons. The van der Waals surface area contributed by atoms with Gasteiger partial charge in [0, 0.05) is 18.3 Å². The molecule has 0 amide bonds. The molecule has 3 saturated carbocycles. The summed E-state index contributed by atoms with van der Waals surface area (Å²) >= 11 is 0. The quantitative estimate of drug-likeness (QED) is 0.541. The summed E-state index contributed by atoms with van der Waals surface area (Å²) in [6.45, 7) is 6.32. The predicted octanol–water partition coefficient (Wildman–Crippen LogP) is 2.16. The number of esters is 1. The molecule has 1 heterocycles. The summed E-state index contributed by atoms with van der Waals surface area (Å²) in [7, 11) is 0. The molecule has 5 rings (SSSR count). The summed E-state index contributed by atoms with van der Waals surface area (Å²) in [6.07, 6.45) is 1.88. The van der Waals surface area contributed by atoms with Gasteiger partial charge in [0.1, 0.15) is 0 Å². The lowest BCUT2D eigenvalue weighted by Gasteiger charge is -2.60. The van der Waals surface area contributed by atoms with E-state index in [0.717, 1.165) is 24.0 Å². The third-order valence-electron chi connectivity index (χ3n) is 8.88. The second kappa shape index (κ2) is 6.38. The minimum atomic E-state index is -1.06. The lowest BCUT2D eigenvalue weighted by atomic mass is 9.50. The number of ketones is 1. The van der Waals surface area contributed by atoms with Crippen molar-refractivity contribution >= 4 is 11.8 Å². The number of allylic oxidation sites excluding steroid dienone is 1. The zero-order chi connectivity index (χ0) is 20.7. The zero-order valence-electron chi connectivity index (χ0n) is 17.5. The minimum absolute atomic E-state index is 0.0537. The van der Waals surface area contributed by atoms with Gasteiger partial charge in [0.05, 0.1) is 35.7 Å². The fourth-order valence-corrected chi connectivity index (χ4v) is 6.44. The van der Waals surface area contributed by atoms with Crippen molar-refractivity contribution in [1.29, 1.82) is 0 Å². The van der Waals surface area contributed by atoms with E-state index in [1.54, 1.807) is 0 Å². The number of hydrogen-bond acceptors (Lipinski definition) is 6. The molecule has 4 fully saturated rings. The Balaban J connectivity index is 1.63. The number of Topliss-reactive ketones (excluding diaryl/α,β-unsaturated/α-hetero) is 1. The zero-order valence-corrected chi connectivity index (χ0v) is 17.5. The van der Waals surface area contributed by atoms with Crippen LogP contribution in [0.2, 0.25) is 0 Å². The number of ether oxygens (including phenoxy) is 2. The highest BCUT2D eigenvalue weighted by molar-refractivity contribution is 5.94. The highest BCUT2D eigenvalue weighted by atomic mass is 16.5. The van der Waals surface area contributed by atoms with E-state index in [4.69, 9.17) is 9.47 Å². The summed E-state index contributed by atoms with van der Waals surface area (Å²) in [5.74, 6) is -0.930. The number of aliphatic hydroxyl groups excluding tert-OH is 1. The van der Waals surface area contributed by atoms with Gasteiger partial charge >= 0.3 is 5.97 Å². The van der Waals surface area contributed by atoms with Gasteiger partial charge in [-0.2, -0.15) is 0 Å². The SMILES string of the molecule is CC1=C2C(OC(=O)C3CC3)C(=O)C3(C)C(CC(O)(CC1)C2C)[C@@H]1COC1C[C@@H]3O. The van der Waals surface area contributed by atoms with Crippen molar-refractivity contribution in [3.63, 3.8) is 0 Å². The molecule has 6 heteroatoms. The largest absolute Gasteiger partial charge is 0.449 e. The van der Waals surface area contributed by atoms with Crippen molar-refractivity contribution in [2.24, 2.45) is 29.1 Å². The molecule has 1 saturated heterocycles. The lowest BCUT2D eigenvalue weighted by Crippen LogP contribution is -2.67. The number of fused-ring (bicyclic) bond motifs is 5. The molecule has 0 aromatic carbocycles.